The monoisotopic (exact) mass is 510 g/mol. The minimum absolute atomic E-state index is 0.0503. The van der Waals surface area contributed by atoms with Crippen LogP contribution < -0.4 is 0 Å². The van der Waals surface area contributed by atoms with Crippen molar-refractivity contribution in [3.05, 3.63) is 0 Å². The van der Waals surface area contributed by atoms with Gasteiger partial charge in [0, 0.05) is 0 Å². The molecule has 12 heteroatoms. The maximum atomic E-state index is 13.9. The Hall–Kier alpha value is -1.62. The lowest BCUT2D eigenvalue weighted by Crippen LogP contribution is -2.59. The number of carbonyl (C=O) groups is 2. The molecule has 34 heavy (non-hydrogen) atoms. The molecule has 2 fully saturated rings. The van der Waals surface area contributed by atoms with Gasteiger partial charge in [-0.3, -0.25) is 9.59 Å². The van der Waals surface area contributed by atoms with E-state index in [9.17, 15) is 44.7 Å². The summed E-state index contributed by atoms with van der Waals surface area (Å²) in [6, 6.07) is 0. The Morgan fingerprint density at radius 2 is 1.59 bits per heavy atom. The van der Waals surface area contributed by atoms with E-state index in [1.54, 1.807) is 6.92 Å². The molecule has 2 bridgehead atoms. The van der Waals surface area contributed by atoms with E-state index in [0.29, 0.717) is 12.8 Å². The van der Waals surface area contributed by atoms with Crippen LogP contribution in [-0.2, 0) is 19.1 Å². The lowest BCUT2D eigenvalue weighted by atomic mass is 9.64. The molecule has 0 radical (unpaired) electrons. The van der Waals surface area contributed by atoms with Crippen LogP contribution >= 0.6 is 0 Å². The van der Waals surface area contributed by atoms with E-state index in [1.165, 1.54) is 0 Å². The largest absolute Gasteiger partial charge is 0.466 e. The Labute approximate surface area is 192 Å². The first kappa shape index (κ1) is 28.6. The molecule has 4 nitrogen and oxygen atoms in total. The Morgan fingerprint density at radius 1 is 1.00 bits per heavy atom. The van der Waals surface area contributed by atoms with Gasteiger partial charge in [-0.2, -0.15) is 26.3 Å². The van der Waals surface area contributed by atoms with Gasteiger partial charge in [-0.05, 0) is 48.9 Å². The van der Waals surface area contributed by atoms with Gasteiger partial charge in [-0.15, -0.1) is 0 Å². The van der Waals surface area contributed by atoms with Crippen LogP contribution in [0.2, 0.25) is 0 Å². The molecular formula is C22H30F8O4. The van der Waals surface area contributed by atoms with E-state index in [2.05, 4.69) is 4.74 Å². The van der Waals surface area contributed by atoms with Crippen LogP contribution in [0.5, 0.6) is 0 Å². The van der Waals surface area contributed by atoms with Crippen molar-refractivity contribution < 1.29 is 54.2 Å². The highest BCUT2D eigenvalue weighted by Crippen LogP contribution is 2.63. The van der Waals surface area contributed by atoms with Gasteiger partial charge < -0.3 is 9.47 Å². The number of ether oxygens (including phenoxy) is 2. The van der Waals surface area contributed by atoms with E-state index in [4.69, 9.17) is 4.74 Å². The second-order valence-corrected chi connectivity index (χ2v) is 10.0. The zero-order valence-corrected chi connectivity index (χ0v) is 19.4. The lowest BCUT2D eigenvalue weighted by Gasteiger charge is -2.41. The number of alkyl halides is 8. The van der Waals surface area contributed by atoms with E-state index < -0.39 is 60.5 Å². The van der Waals surface area contributed by atoms with E-state index in [-0.39, 0.29) is 36.7 Å². The molecule has 2 aliphatic carbocycles. The fourth-order valence-corrected chi connectivity index (χ4v) is 5.17. The quantitative estimate of drug-likeness (QED) is 0.254. The fraction of sp³-hybridized carbons (Fsp3) is 0.909. The molecule has 0 saturated heterocycles. The average Bonchev–Trinajstić information content (AvgIpc) is 3.22. The highest BCUT2D eigenvalue weighted by molar-refractivity contribution is 5.84. The zero-order chi connectivity index (χ0) is 26.3. The maximum Gasteiger partial charge on any atom is 0.381 e. The van der Waals surface area contributed by atoms with Crippen molar-refractivity contribution in [2.75, 3.05) is 13.2 Å². The first-order valence-electron chi connectivity index (χ1n) is 11.1. The van der Waals surface area contributed by atoms with Crippen molar-refractivity contribution in [1.82, 2.24) is 0 Å². The first-order valence-corrected chi connectivity index (χ1v) is 11.1. The molecule has 0 amide bonds. The molecular weight excluding hydrogens is 480 g/mol. The van der Waals surface area contributed by atoms with Gasteiger partial charge in [0.25, 0.3) is 0 Å². The number of hydrogen-bond acceptors (Lipinski definition) is 4. The van der Waals surface area contributed by atoms with Crippen molar-refractivity contribution in [3.8, 4) is 0 Å². The normalized spacial score (nSPS) is 29.7. The number of esters is 2. The van der Waals surface area contributed by atoms with Crippen LogP contribution in [0.1, 0.15) is 53.4 Å². The van der Waals surface area contributed by atoms with Crippen molar-refractivity contribution in [1.29, 1.82) is 0 Å². The van der Waals surface area contributed by atoms with Gasteiger partial charge in [0.05, 0.1) is 18.4 Å². The summed E-state index contributed by atoms with van der Waals surface area (Å²) in [5.41, 5.74) is -1.65. The Morgan fingerprint density at radius 3 is 2.06 bits per heavy atom. The SMILES string of the molecule is CC(C)CCOC(=O)CC1(C(=O)OCC(F)(F)C(F)(F)C(F)(F)C(F)F)CC2CC1C(C)C2C. The summed E-state index contributed by atoms with van der Waals surface area (Å²) in [5.74, 6) is -21.2. The number of rotatable bonds is 11. The number of carbonyl (C=O) groups excluding carboxylic acids is 2. The second-order valence-electron chi connectivity index (χ2n) is 10.0. The molecule has 0 N–H and O–H groups in total. The molecule has 0 aromatic rings. The minimum Gasteiger partial charge on any atom is -0.466 e. The lowest BCUT2D eigenvalue weighted by molar-refractivity contribution is -0.344. The summed E-state index contributed by atoms with van der Waals surface area (Å²) in [7, 11) is 0. The summed E-state index contributed by atoms with van der Waals surface area (Å²) in [5, 5.41) is 0. The average molecular weight is 510 g/mol. The molecule has 2 aliphatic rings. The predicted molar refractivity (Wildman–Crippen MR) is 104 cm³/mol. The summed E-state index contributed by atoms with van der Waals surface area (Å²) in [6.07, 6.45) is -4.56. The van der Waals surface area contributed by atoms with Crippen molar-refractivity contribution in [3.63, 3.8) is 0 Å². The summed E-state index contributed by atoms with van der Waals surface area (Å²) >= 11 is 0. The van der Waals surface area contributed by atoms with E-state index in [0.717, 1.165) is 0 Å². The van der Waals surface area contributed by atoms with Crippen molar-refractivity contribution in [2.24, 2.45) is 35.0 Å². The van der Waals surface area contributed by atoms with Crippen molar-refractivity contribution in [2.45, 2.75) is 77.6 Å². The van der Waals surface area contributed by atoms with Crippen molar-refractivity contribution >= 4 is 11.9 Å². The Kier molecular flexibility index (Phi) is 8.24. The van der Waals surface area contributed by atoms with Crippen LogP contribution in [0.4, 0.5) is 35.1 Å². The van der Waals surface area contributed by atoms with Gasteiger partial charge in [0.15, 0.2) is 6.61 Å². The molecule has 198 valence electrons. The molecule has 0 aromatic heterocycles. The molecule has 0 heterocycles. The summed E-state index contributed by atoms with van der Waals surface area (Å²) in [4.78, 5) is 25.4. The van der Waals surface area contributed by atoms with Crippen LogP contribution in [0.3, 0.4) is 0 Å². The molecule has 2 saturated carbocycles. The predicted octanol–water partition coefficient (Wildman–Crippen LogP) is 5.98. The van der Waals surface area contributed by atoms with Crippen LogP contribution in [0, 0.1) is 35.0 Å². The Balaban J connectivity index is 2.21. The second kappa shape index (κ2) is 9.79. The molecule has 0 spiro atoms. The number of halogens is 8. The van der Waals surface area contributed by atoms with Gasteiger partial charge >= 0.3 is 36.1 Å². The molecule has 0 aliphatic heterocycles. The zero-order valence-electron chi connectivity index (χ0n) is 19.4. The van der Waals surface area contributed by atoms with E-state index in [1.807, 2.05) is 20.8 Å². The molecule has 2 rings (SSSR count). The van der Waals surface area contributed by atoms with Gasteiger partial charge in [0.1, 0.15) is 0 Å². The topological polar surface area (TPSA) is 52.6 Å². The maximum absolute atomic E-state index is 13.9. The highest BCUT2D eigenvalue weighted by Gasteiger charge is 2.76. The summed E-state index contributed by atoms with van der Waals surface area (Å²) < 4.78 is 115. The standard InChI is InChI=1S/C22H30F8O4/c1-11(2)5-6-33-16(31)9-19(8-14-7-15(19)13(4)12(14)3)18(32)34-10-20(25,26)22(29,30)21(27,28)17(23)24/h11-15,17H,5-10H2,1-4H3. The molecule has 0 aromatic carbocycles. The number of hydrogen-bond donors (Lipinski definition) is 0. The van der Waals surface area contributed by atoms with E-state index >= 15 is 0 Å². The molecule has 5 atom stereocenters. The van der Waals surface area contributed by atoms with Gasteiger partial charge in [-0.1, -0.05) is 27.7 Å². The third kappa shape index (κ3) is 5.01. The third-order valence-corrected chi connectivity index (χ3v) is 7.46. The van der Waals surface area contributed by atoms with Gasteiger partial charge in [-0.25, -0.2) is 8.78 Å². The van der Waals surface area contributed by atoms with Crippen LogP contribution in [0.25, 0.3) is 0 Å². The smallest absolute Gasteiger partial charge is 0.381 e. The Bertz CT molecular complexity index is 755. The minimum atomic E-state index is -6.48. The highest BCUT2D eigenvalue weighted by atomic mass is 19.4. The first-order chi connectivity index (χ1) is 15.4. The third-order valence-electron chi connectivity index (χ3n) is 7.46. The van der Waals surface area contributed by atoms with Crippen LogP contribution in [-0.4, -0.2) is 49.3 Å². The van der Waals surface area contributed by atoms with Gasteiger partial charge in [0.2, 0.25) is 0 Å². The van der Waals surface area contributed by atoms with Crippen LogP contribution in [0.15, 0.2) is 0 Å². The summed E-state index contributed by atoms with van der Waals surface area (Å²) in [6.45, 7) is 5.01. The number of fused-ring (bicyclic) bond motifs is 2. The molecule has 5 unspecified atom stereocenters. The fourth-order valence-electron chi connectivity index (χ4n) is 5.17.